The zero-order valence-corrected chi connectivity index (χ0v) is 20.6. The van der Waals surface area contributed by atoms with Crippen LogP contribution in [0.3, 0.4) is 0 Å². The molecule has 3 rings (SSSR count). The summed E-state index contributed by atoms with van der Waals surface area (Å²) in [6, 6.07) is 11.4. The molecule has 0 radical (unpaired) electrons. The predicted octanol–water partition coefficient (Wildman–Crippen LogP) is 2.86. The number of aromatic hydroxyl groups is 1. The van der Waals surface area contributed by atoms with Crippen LogP contribution in [0, 0.1) is 10.1 Å². The Morgan fingerprint density at radius 3 is 2.51 bits per heavy atom. The highest BCUT2D eigenvalue weighted by molar-refractivity contribution is 6.05. The molecule has 0 saturated heterocycles. The summed E-state index contributed by atoms with van der Waals surface area (Å²) in [6.45, 7) is 4.56. The van der Waals surface area contributed by atoms with E-state index in [9.17, 15) is 29.6 Å². The molecule has 1 aliphatic heterocycles. The highest BCUT2D eigenvalue weighted by atomic mass is 16.6. The van der Waals surface area contributed by atoms with E-state index in [0.717, 1.165) is 0 Å². The molecule has 0 aromatic heterocycles. The van der Waals surface area contributed by atoms with Crippen molar-refractivity contribution in [3.63, 3.8) is 0 Å². The molecule has 0 spiro atoms. The number of ether oxygens (including phenoxy) is 2. The number of phenols is 1. The molecule has 0 bridgehead atoms. The fourth-order valence-electron chi connectivity index (χ4n) is 4.16. The lowest BCUT2D eigenvalue weighted by molar-refractivity contribution is -0.384. The zero-order valence-electron chi connectivity index (χ0n) is 20.6. The third kappa shape index (κ3) is 5.61. The van der Waals surface area contributed by atoms with E-state index in [1.54, 1.807) is 32.9 Å². The summed E-state index contributed by atoms with van der Waals surface area (Å²) in [5.41, 5.74) is -1.14. The first kappa shape index (κ1) is 26.9. The minimum atomic E-state index is -1.85. The molecule has 2 aromatic rings. The standard InChI is InChI=1S/C26H27N3O8/c1-4-36-24(32)22-17(3)28-16(2)15-26(22,18-8-7-9-19(14-18)29(34)35)25(33)37-13-12-27-23(31)20-10-5-6-11-21(20)30/h5-11,14-15,28,30H,4,12-13H2,1-3H3,(H,27,31). The molecule has 11 nitrogen and oxygen atoms in total. The van der Waals surface area contributed by atoms with Crippen LogP contribution >= 0.6 is 0 Å². The van der Waals surface area contributed by atoms with E-state index in [-0.39, 0.29) is 47.9 Å². The Balaban J connectivity index is 1.95. The van der Waals surface area contributed by atoms with Crippen molar-refractivity contribution in [2.24, 2.45) is 0 Å². The maximum atomic E-state index is 13.7. The molecule has 3 N–H and O–H groups in total. The van der Waals surface area contributed by atoms with Gasteiger partial charge in [0.2, 0.25) is 0 Å². The largest absolute Gasteiger partial charge is 0.507 e. The number of nitrogens with one attached hydrogen (secondary N) is 2. The van der Waals surface area contributed by atoms with E-state index in [1.807, 2.05) is 0 Å². The normalized spacial score (nSPS) is 16.8. The number of para-hydroxylation sites is 1. The number of nitrogens with zero attached hydrogens (tertiary/aromatic N) is 1. The second-order valence-electron chi connectivity index (χ2n) is 8.20. The smallest absolute Gasteiger partial charge is 0.337 e. The summed E-state index contributed by atoms with van der Waals surface area (Å²) < 4.78 is 10.7. The van der Waals surface area contributed by atoms with Crippen molar-refractivity contribution >= 4 is 23.5 Å². The minimum Gasteiger partial charge on any atom is -0.507 e. The Hall–Kier alpha value is -4.67. The van der Waals surface area contributed by atoms with Crippen LogP contribution in [-0.2, 0) is 24.5 Å². The Morgan fingerprint density at radius 2 is 1.84 bits per heavy atom. The van der Waals surface area contributed by atoms with Gasteiger partial charge in [-0.2, -0.15) is 0 Å². The molecule has 1 atom stereocenters. The van der Waals surface area contributed by atoms with Crippen molar-refractivity contribution in [1.82, 2.24) is 10.6 Å². The number of carbonyl (C=O) groups excluding carboxylic acids is 3. The number of non-ortho nitro benzene ring substituents is 1. The van der Waals surface area contributed by atoms with Gasteiger partial charge in [0, 0.05) is 23.5 Å². The SMILES string of the molecule is CCOC(=O)C1=C(C)NC(C)=CC1(C(=O)OCCNC(=O)c1ccccc1O)c1cccc([N+](=O)[O-])c1. The average Bonchev–Trinajstić information content (AvgIpc) is 2.86. The summed E-state index contributed by atoms with van der Waals surface area (Å²) in [7, 11) is 0. The Morgan fingerprint density at radius 1 is 1.11 bits per heavy atom. The van der Waals surface area contributed by atoms with Gasteiger partial charge >= 0.3 is 11.9 Å². The zero-order chi connectivity index (χ0) is 27.2. The van der Waals surface area contributed by atoms with Crippen LogP contribution in [0.5, 0.6) is 5.75 Å². The van der Waals surface area contributed by atoms with Crippen molar-refractivity contribution in [3.8, 4) is 5.75 Å². The van der Waals surface area contributed by atoms with Crippen molar-refractivity contribution in [1.29, 1.82) is 0 Å². The number of hydrogen-bond acceptors (Lipinski definition) is 9. The highest BCUT2D eigenvalue weighted by Gasteiger charge is 2.50. The quantitative estimate of drug-likeness (QED) is 0.200. The van der Waals surface area contributed by atoms with E-state index >= 15 is 0 Å². The molecule has 1 heterocycles. The van der Waals surface area contributed by atoms with Crippen LogP contribution in [0.4, 0.5) is 5.69 Å². The first-order valence-corrected chi connectivity index (χ1v) is 11.4. The topological polar surface area (TPSA) is 157 Å². The Bertz CT molecular complexity index is 1300. The highest BCUT2D eigenvalue weighted by Crippen LogP contribution is 2.41. The molecule has 1 amide bonds. The van der Waals surface area contributed by atoms with Gasteiger partial charge in [-0.15, -0.1) is 0 Å². The van der Waals surface area contributed by atoms with Gasteiger partial charge in [0.1, 0.15) is 17.8 Å². The molecule has 0 fully saturated rings. The first-order valence-electron chi connectivity index (χ1n) is 11.4. The number of amides is 1. The number of nitro benzene ring substituents is 1. The van der Waals surface area contributed by atoms with Crippen LogP contribution in [0.15, 0.2) is 71.6 Å². The monoisotopic (exact) mass is 509 g/mol. The van der Waals surface area contributed by atoms with E-state index in [0.29, 0.717) is 11.4 Å². The second-order valence-corrected chi connectivity index (χ2v) is 8.20. The summed E-state index contributed by atoms with van der Waals surface area (Å²) in [5, 5.41) is 26.9. The number of hydrogen-bond donors (Lipinski definition) is 3. The number of benzene rings is 2. The van der Waals surface area contributed by atoms with Gasteiger partial charge < -0.3 is 25.2 Å². The average molecular weight is 510 g/mol. The van der Waals surface area contributed by atoms with Gasteiger partial charge in [-0.25, -0.2) is 4.79 Å². The number of rotatable bonds is 9. The molecule has 11 heteroatoms. The number of dihydropyridines is 1. The Labute approximate surface area is 212 Å². The third-order valence-corrected chi connectivity index (χ3v) is 5.67. The maximum absolute atomic E-state index is 13.7. The van der Waals surface area contributed by atoms with E-state index in [1.165, 1.54) is 42.5 Å². The number of carbonyl (C=O) groups is 3. The van der Waals surface area contributed by atoms with Crippen molar-refractivity contribution < 1.29 is 33.9 Å². The predicted molar refractivity (Wildman–Crippen MR) is 132 cm³/mol. The molecule has 37 heavy (non-hydrogen) atoms. The first-order chi connectivity index (χ1) is 17.6. The molecule has 194 valence electrons. The van der Waals surface area contributed by atoms with E-state index in [4.69, 9.17) is 9.47 Å². The molecule has 0 saturated carbocycles. The second kappa shape index (κ2) is 11.4. The van der Waals surface area contributed by atoms with Crippen LogP contribution in [0.25, 0.3) is 0 Å². The summed E-state index contributed by atoms with van der Waals surface area (Å²) in [4.78, 5) is 50.0. The number of phenolic OH excluding ortho intramolecular Hbond substituents is 1. The summed E-state index contributed by atoms with van der Waals surface area (Å²) >= 11 is 0. The molecular weight excluding hydrogens is 482 g/mol. The molecule has 1 unspecified atom stereocenters. The lowest BCUT2D eigenvalue weighted by atomic mass is 9.71. The number of allylic oxidation sites excluding steroid dienone is 2. The lowest BCUT2D eigenvalue weighted by Gasteiger charge is -2.35. The minimum absolute atomic E-state index is 0.0384. The third-order valence-electron chi connectivity index (χ3n) is 5.67. The fraction of sp³-hybridized carbons (Fsp3) is 0.269. The van der Waals surface area contributed by atoms with Crippen molar-refractivity contribution in [3.05, 3.63) is 92.8 Å². The summed E-state index contributed by atoms with van der Waals surface area (Å²) in [5.74, 6) is -2.43. The number of esters is 2. The van der Waals surface area contributed by atoms with E-state index in [2.05, 4.69) is 10.6 Å². The van der Waals surface area contributed by atoms with Gasteiger partial charge in [-0.1, -0.05) is 24.3 Å². The summed E-state index contributed by atoms with van der Waals surface area (Å²) in [6.07, 6.45) is 1.47. The van der Waals surface area contributed by atoms with Crippen LogP contribution < -0.4 is 10.6 Å². The number of nitro groups is 1. The molecule has 1 aliphatic rings. The lowest BCUT2D eigenvalue weighted by Crippen LogP contribution is -2.46. The molecule has 2 aromatic carbocycles. The van der Waals surface area contributed by atoms with Gasteiger partial charge in [0.15, 0.2) is 0 Å². The van der Waals surface area contributed by atoms with Crippen molar-refractivity contribution in [2.75, 3.05) is 19.8 Å². The van der Waals surface area contributed by atoms with Gasteiger partial charge in [-0.05, 0) is 44.5 Å². The van der Waals surface area contributed by atoms with Crippen molar-refractivity contribution in [2.45, 2.75) is 26.2 Å². The van der Waals surface area contributed by atoms with E-state index < -0.39 is 28.2 Å². The van der Waals surface area contributed by atoms with Gasteiger partial charge in [0.05, 0.1) is 29.2 Å². The molecular formula is C26H27N3O8. The van der Waals surface area contributed by atoms with Gasteiger partial charge in [0.25, 0.3) is 11.6 Å². The fourth-order valence-corrected chi connectivity index (χ4v) is 4.16. The maximum Gasteiger partial charge on any atom is 0.337 e. The van der Waals surface area contributed by atoms with Gasteiger partial charge in [-0.3, -0.25) is 19.7 Å². The van der Waals surface area contributed by atoms with Crippen LogP contribution in [-0.4, -0.2) is 47.6 Å². The van der Waals surface area contributed by atoms with Crippen LogP contribution in [0.2, 0.25) is 0 Å². The Kier molecular flexibility index (Phi) is 8.28. The van der Waals surface area contributed by atoms with Crippen LogP contribution in [0.1, 0.15) is 36.7 Å². The molecule has 0 aliphatic carbocycles.